The predicted molar refractivity (Wildman–Crippen MR) is 78.5 cm³/mol. The van der Waals surface area contributed by atoms with E-state index in [4.69, 9.17) is 0 Å². The Morgan fingerprint density at radius 3 is 2.30 bits per heavy atom. The van der Waals surface area contributed by atoms with Crippen molar-refractivity contribution in [3.63, 3.8) is 0 Å². The van der Waals surface area contributed by atoms with E-state index in [0.29, 0.717) is 26.2 Å². The summed E-state index contributed by atoms with van der Waals surface area (Å²) in [5, 5.41) is 0.818. The summed E-state index contributed by atoms with van der Waals surface area (Å²) in [5.41, 5.74) is 3.54. The third kappa shape index (κ3) is 4.12. The van der Waals surface area contributed by atoms with Gasteiger partial charge in [-0.2, -0.15) is 13.2 Å². The predicted octanol–water partition coefficient (Wildman–Crippen LogP) is 3.57. The fourth-order valence-electron chi connectivity index (χ4n) is 2.44. The summed E-state index contributed by atoms with van der Waals surface area (Å²) in [6, 6.07) is 6.22. The van der Waals surface area contributed by atoms with Crippen molar-refractivity contribution in [2.45, 2.75) is 18.4 Å². The Morgan fingerprint density at radius 1 is 1.15 bits per heavy atom. The van der Waals surface area contributed by atoms with Gasteiger partial charge in [0.1, 0.15) is 0 Å². The van der Waals surface area contributed by atoms with Crippen LogP contribution in [0.2, 0.25) is 0 Å². The van der Waals surface area contributed by atoms with Crippen LogP contribution in [0.4, 0.5) is 18.9 Å². The highest BCUT2D eigenvalue weighted by atomic mass is 79.9. The topological polar surface area (TPSA) is 6.48 Å². The van der Waals surface area contributed by atoms with Crippen molar-refractivity contribution in [2.24, 2.45) is 0 Å². The number of anilines is 1. The van der Waals surface area contributed by atoms with Crippen LogP contribution in [0.3, 0.4) is 0 Å². The lowest BCUT2D eigenvalue weighted by Gasteiger charge is -2.36. The summed E-state index contributed by atoms with van der Waals surface area (Å²) in [6.07, 6.45) is -4.10. The van der Waals surface area contributed by atoms with Gasteiger partial charge in [-0.25, -0.2) is 0 Å². The summed E-state index contributed by atoms with van der Waals surface area (Å²) in [6.45, 7) is 3.45. The molecule has 0 saturated carbocycles. The molecule has 2 nitrogen and oxygen atoms in total. The van der Waals surface area contributed by atoms with Gasteiger partial charge in [0, 0.05) is 37.2 Å². The summed E-state index contributed by atoms with van der Waals surface area (Å²) in [7, 11) is 0. The second-order valence-corrected chi connectivity index (χ2v) is 5.68. The average Bonchev–Trinajstić information content (AvgIpc) is 2.37. The van der Waals surface area contributed by atoms with Crippen molar-refractivity contribution in [1.29, 1.82) is 0 Å². The number of hydrogen-bond donors (Lipinski definition) is 0. The molecule has 112 valence electrons. The van der Waals surface area contributed by atoms with Gasteiger partial charge in [-0.05, 0) is 30.2 Å². The number of benzene rings is 1. The van der Waals surface area contributed by atoms with Gasteiger partial charge < -0.3 is 4.90 Å². The fraction of sp³-hybridized carbons (Fsp3) is 0.571. The van der Waals surface area contributed by atoms with E-state index in [-0.39, 0.29) is 0 Å². The Hall–Kier alpha value is -0.750. The van der Waals surface area contributed by atoms with E-state index in [9.17, 15) is 13.2 Å². The van der Waals surface area contributed by atoms with Gasteiger partial charge in [-0.3, -0.25) is 4.90 Å². The highest BCUT2D eigenvalue weighted by molar-refractivity contribution is 9.08. The molecule has 1 aliphatic rings. The number of rotatable bonds is 3. The van der Waals surface area contributed by atoms with Crippen molar-refractivity contribution < 1.29 is 13.2 Å². The molecule has 20 heavy (non-hydrogen) atoms. The van der Waals surface area contributed by atoms with E-state index < -0.39 is 12.7 Å². The molecule has 1 aliphatic heterocycles. The molecule has 1 heterocycles. The van der Waals surface area contributed by atoms with Gasteiger partial charge in [0.15, 0.2) is 0 Å². The maximum atomic E-state index is 12.3. The molecule has 1 aromatic rings. The molecule has 0 spiro atoms. The minimum absolute atomic E-state index is 0.457. The van der Waals surface area contributed by atoms with E-state index in [0.717, 1.165) is 11.0 Å². The molecule has 6 heteroatoms. The monoisotopic (exact) mass is 350 g/mol. The van der Waals surface area contributed by atoms with Crippen LogP contribution in [0.25, 0.3) is 0 Å². The van der Waals surface area contributed by atoms with Crippen LogP contribution in [0, 0.1) is 6.92 Å². The lowest BCUT2D eigenvalue weighted by Crippen LogP contribution is -2.49. The molecular weight excluding hydrogens is 333 g/mol. The zero-order valence-corrected chi connectivity index (χ0v) is 13.0. The Morgan fingerprint density at radius 2 is 1.80 bits per heavy atom. The van der Waals surface area contributed by atoms with E-state index in [2.05, 4.69) is 39.9 Å². The second kappa shape index (κ2) is 6.35. The Labute approximate surface area is 125 Å². The summed E-state index contributed by atoms with van der Waals surface area (Å²) >= 11 is 3.44. The molecule has 1 fully saturated rings. The molecule has 0 aromatic heterocycles. The normalized spacial score (nSPS) is 17.6. The summed E-state index contributed by atoms with van der Waals surface area (Å²) in [4.78, 5) is 3.62. The molecule has 1 aromatic carbocycles. The maximum Gasteiger partial charge on any atom is 0.401 e. The van der Waals surface area contributed by atoms with Crippen molar-refractivity contribution >= 4 is 21.6 Å². The largest absolute Gasteiger partial charge is 0.401 e. The first-order valence-corrected chi connectivity index (χ1v) is 7.71. The van der Waals surface area contributed by atoms with Gasteiger partial charge in [0.25, 0.3) is 0 Å². The van der Waals surface area contributed by atoms with Gasteiger partial charge >= 0.3 is 6.18 Å². The lowest BCUT2D eigenvalue weighted by molar-refractivity contribution is -0.146. The van der Waals surface area contributed by atoms with E-state index in [1.165, 1.54) is 16.0 Å². The molecule has 1 saturated heterocycles. The van der Waals surface area contributed by atoms with Crippen molar-refractivity contribution in [2.75, 3.05) is 37.6 Å². The van der Waals surface area contributed by atoms with E-state index in [1.54, 1.807) is 0 Å². The third-order valence-electron chi connectivity index (χ3n) is 3.61. The van der Waals surface area contributed by atoms with Crippen molar-refractivity contribution in [3.8, 4) is 0 Å². The van der Waals surface area contributed by atoms with Crippen LogP contribution < -0.4 is 4.90 Å². The first kappa shape index (κ1) is 15.6. The second-order valence-electron chi connectivity index (χ2n) is 5.12. The lowest BCUT2D eigenvalue weighted by atomic mass is 10.1. The fourth-order valence-corrected chi connectivity index (χ4v) is 3.07. The molecule has 0 unspecified atom stereocenters. The number of nitrogens with zero attached hydrogens (tertiary/aromatic N) is 2. The van der Waals surface area contributed by atoms with Crippen LogP contribution in [0.1, 0.15) is 11.1 Å². The van der Waals surface area contributed by atoms with Crippen molar-refractivity contribution in [1.82, 2.24) is 4.90 Å². The highest BCUT2D eigenvalue weighted by Gasteiger charge is 2.32. The zero-order valence-electron chi connectivity index (χ0n) is 11.4. The number of halogens is 4. The van der Waals surface area contributed by atoms with Gasteiger partial charge in [-0.15, -0.1) is 0 Å². The maximum absolute atomic E-state index is 12.3. The van der Waals surface area contributed by atoms with Crippen LogP contribution in [-0.4, -0.2) is 43.8 Å². The molecular formula is C14H18BrF3N2. The Kier molecular flexibility index (Phi) is 4.96. The minimum Gasteiger partial charge on any atom is -0.369 e. The van der Waals surface area contributed by atoms with Crippen LogP contribution in [0.5, 0.6) is 0 Å². The Bertz CT molecular complexity index is 454. The average molecular weight is 351 g/mol. The SMILES string of the molecule is Cc1cc(N2CCN(CC(F)(F)F)CC2)ccc1CBr. The van der Waals surface area contributed by atoms with E-state index in [1.807, 2.05) is 6.07 Å². The van der Waals surface area contributed by atoms with Gasteiger partial charge in [0.2, 0.25) is 0 Å². The smallest absolute Gasteiger partial charge is 0.369 e. The van der Waals surface area contributed by atoms with Crippen molar-refractivity contribution in [3.05, 3.63) is 29.3 Å². The molecule has 2 rings (SSSR count). The Balaban J connectivity index is 1.95. The highest BCUT2D eigenvalue weighted by Crippen LogP contribution is 2.23. The molecule has 0 atom stereocenters. The number of hydrogen-bond acceptors (Lipinski definition) is 2. The summed E-state index contributed by atoms with van der Waals surface area (Å²) in [5.74, 6) is 0. The number of piperazine rings is 1. The summed E-state index contributed by atoms with van der Waals surface area (Å²) < 4.78 is 37.0. The third-order valence-corrected chi connectivity index (χ3v) is 4.21. The first-order chi connectivity index (χ1) is 9.39. The quantitative estimate of drug-likeness (QED) is 0.769. The molecule has 0 radical (unpaired) electrons. The number of alkyl halides is 4. The van der Waals surface area contributed by atoms with Crippen LogP contribution >= 0.6 is 15.9 Å². The van der Waals surface area contributed by atoms with E-state index >= 15 is 0 Å². The van der Waals surface area contributed by atoms with Crippen LogP contribution in [0.15, 0.2) is 18.2 Å². The van der Waals surface area contributed by atoms with Crippen LogP contribution in [-0.2, 0) is 5.33 Å². The molecule has 0 aliphatic carbocycles. The zero-order chi connectivity index (χ0) is 14.8. The standard InChI is InChI=1S/C14H18BrF3N2/c1-11-8-13(3-2-12(11)9-15)20-6-4-19(5-7-20)10-14(16,17)18/h2-3,8H,4-7,9-10H2,1H3. The molecule has 0 bridgehead atoms. The van der Waals surface area contributed by atoms with Gasteiger partial charge in [-0.1, -0.05) is 22.0 Å². The van der Waals surface area contributed by atoms with Gasteiger partial charge in [0.05, 0.1) is 6.54 Å². The molecule has 0 amide bonds. The first-order valence-electron chi connectivity index (χ1n) is 6.58. The minimum atomic E-state index is -4.10. The molecule has 0 N–H and O–H groups in total. The number of aryl methyl sites for hydroxylation is 1.